The number of nitrogen functional groups attached to an aromatic ring is 1. The zero-order chi connectivity index (χ0) is 21.8. The number of anilines is 1. The van der Waals surface area contributed by atoms with Crippen LogP contribution in [-0.2, 0) is 37.4 Å². The summed E-state index contributed by atoms with van der Waals surface area (Å²) >= 11 is 1.38. The molecule has 1 atom stereocenters. The van der Waals surface area contributed by atoms with Crippen molar-refractivity contribution in [1.82, 2.24) is 9.97 Å². The summed E-state index contributed by atoms with van der Waals surface area (Å²) in [4.78, 5) is 35.7. The number of phosphoric ester groups is 1. The van der Waals surface area contributed by atoms with Crippen LogP contribution < -0.4 is 10.3 Å². The summed E-state index contributed by atoms with van der Waals surface area (Å²) in [5.74, 6) is 0.906. The molecule has 0 saturated heterocycles. The minimum absolute atomic E-state index is 0.0717. The van der Waals surface area contributed by atoms with Gasteiger partial charge in [0.25, 0.3) is 0 Å². The van der Waals surface area contributed by atoms with Crippen LogP contribution in [0.2, 0.25) is 0 Å². The Morgan fingerprint density at radius 2 is 1.93 bits per heavy atom. The van der Waals surface area contributed by atoms with Crippen molar-refractivity contribution in [2.45, 2.75) is 33.2 Å². The molecule has 0 aromatic carbocycles. The molecule has 0 spiro atoms. The summed E-state index contributed by atoms with van der Waals surface area (Å²) in [6.07, 6.45) is 2.21. The Kier molecular flexibility index (Phi) is 8.02. The Morgan fingerprint density at radius 1 is 1.24 bits per heavy atom. The van der Waals surface area contributed by atoms with Gasteiger partial charge in [-0.3, -0.25) is 4.52 Å². The second kappa shape index (κ2) is 9.69. The molecule has 0 aliphatic rings. The van der Waals surface area contributed by atoms with Crippen LogP contribution in [0.15, 0.2) is 6.20 Å². The van der Waals surface area contributed by atoms with Gasteiger partial charge >= 0.3 is 15.6 Å². The van der Waals surface area contributed by atoms with E-state index in [1.807, 2.05) is 11.5 Å². The minimum atomic E-state index is -5.16. The fourth-order valence-corrected chi connectivity index (χ4v) is 5.36. The van der Waals surface area contributed by atoms with Crippen LogP contribution in [0.3, 0.4) is 0 Å². The molecular formula is C14H23N4O8P2S+. The standard InChI is InChI=1S/C14H22N4O8P2S/c1-9-12(4-6-25-28(23,24)26-27(20,21)22)29-13(3-5-19)18(9)8-11-7-16-10(2)17-14(11)15/h7,19H,3-6,8H2,1-2H3,(H4-,15,16,17,20,21,22,23,24)/p+1. The molecule has 0 bridgehead atoms. The molecule has 2 aromatic heterocycles. The van der Waals surface area contributed by atoms with E-state index < -0.39 is 15.6 Å². The van der Waals surface area contributed by atoms with Crippen molar-refractivity contribution >= 4 is 32.8 Å². The van der Waals surface area contributed by atoms with Gasteiger partial charge in [0, 0.05) is 19.5 Å². The Morgan fingerprint density at radius 3 is 2.52 bits per heavy atom. The number of thiazole rings is 1. The first kappa shape index (κ1) is 24.0. The Hall–Kier alpha value is -1.27. The van der Waals surface area contributed by atoms with Crippen molar-refractivity contribution in [3.63, 3.8) is 0 Å². The number of phosphoric acid groups is 2. The quantitative estimate of drug-likeness (QED) is 0.239. The van der Waals surface area contributed by atoms with E-state index in [0.29, 0.717) is 30.2 Å². The lowest BCUT2D eigenvalue weighted by Gasteiger charge is -2.11. The van der Waals surface area contributed by atoms with Crippen LogP contribution in [0.1, 0.15) is 27.0 Å². The van der Waals surface area contributed by atoms with Crippen LogP contribution in [0, 0.1) is 13.8 Å². The number of nitrogens with zero attached hydrogens (tertiary/aromatic N) is 3. The van der Waals surface area contributed by atoms with Gasteiger partial charge in [-0.25, -0.2) is 19.1 Å². The number of hydrogen-bond acceptors (Lipinski definition) is 9. The molecule has 15 heteroatoms. The van der Waals surface area contributed by atoms with E-state index in [1.54, 1.807) is 13.1 Å². The molecule has 2 aromatic rings. The normalized spacial score (nSPS) is 14.1. The maximum atomic E-state index is 11.5. The van der Waals surface area contributed by atoms with E-state index >= 15 is 0 Å². The summed E-state index contributed by atoms with van der Waals surface area (Å²) in [6, 6.07) is 0. The highest BCUT2D eigenvalue weighted by Crippen LogP contribution is 2.57. The Balaban J connectivity index is 2.16. The van der Waals surface area contributed by atoms with Crippen LogP contribution in [0.5, 0.6) is 0 Å². The van der Waals surface area contributed by atoms with Gasteiger partial charge < -0.3 is 25.5 Å². The van der Waals surface area contributed by atoms with Gasteiger partial charge in [0.1, 0.15) is 11.6 Å². The predicted molar refractivity (Wildman–Crippen MR) is 103 cm³/mol. The Labute approximate surface area is 170 Å². The van der Waals surface area contributed by atoms with Gasteiger partial charge in [-0.2, -0.15) is 8.88 Å². The number of aliphatic hydroxyl groups excluding tert-OH is 1. The fourth-order valence-electron chi connectivity index (χ4n) is 2.55. The summed E-state index contributed by atoms with van der Waals surface area (Å²) in [5.41, 5.74) is 7.49. The van der Waals surface area contributed by atoms with Gasteiger partial charge in [0.2, 0.25) is 5.01 Å². The molecular weight excluding hydrogens is 446 g/mol. The highest BCUT2D eigenvalue weighted by molar-refractivity contribution is 7.60. The third kappa shape index (κ3) is 7.18. The van der Waals surface area contributed by atoms with E-state index in [4.69, 9.17) is 15.5 Å². The topological polar surface area (TPSA) is 189 Å². The molecule has 0 radical (unpaired) electrons. The molecule has 0 aliphatic carbocycles. The van der Waals surface area contributed by atoms with Crippen LogP contribution in [0.25, 0.3) is 0 Å². The first-order chi connectivity index (χ1) is 13.4. The summed E-state index contributed by atoms with van der Waals surface area (Å²) in [6.45, 7) is 3.57. The van der Waals surface area contributed by atoms with Crippen LogP contribution in [-0.4, -0.2) is 43.0 Å². The molecule has 0 aliphatic heterocycles. The fraction of sp³-hybridized carbons (Fsp3) is 0.500. The van der Waals surface area contributed by atoms with Crippen molar-refractivity contribution in [3.8, 4) is 0 Å². The summed E-state index contributed by atoms with van der Waals surface area (Å²) in [7, 11) is -10.0. The van der Waals surface area contributed by atoms with Crippen molar-refractivity contribution < 1.29 is 42.3 Å². The average molecular weight is 469 g/mol. The number of aromatic nitrogens is 3. The maximum absolute atomic E-state index is 11.5. The number of hydrogen-bond donors (Lipinski definition) is 5. The number of aryl methyl sites for hydroxylation is 1. The highest BCUT2D eigenvalue weighted by Gasteiger charge is 2.32. The third-order valence-electron chi connectivity index (χ3n) is 3.82. The SMILES string of the molecule is Cc1ncc(C[n+]2c(CCO)sc(CCOP(=O)(O)OP(=O)(O)O)c2C)c(N)n1. The van der Waals surface area contributed by atoms with E-state index in [1.165, 1.54) is 11.3 Å². The second-order valence-electron chi connectivity index (χ2n) is 6.02. The smallest absolute Gasteiger partial charge is 0.396 e. The summed E-state index contributed by atoms with van der Waals surface area (Å²) in [5, 5.41) is 10.2. The first-order valence-corrected chi connectivity index (χ1v) is 12.2. The van der Waals surface area contributed by atoms with Gasteiger partial charge in [-0.1, -0.05) is 11.3 Å². The molecule has 29 heavy (non-hydrogen) atoms. The van der Waals surface area contributed by atoms with Crippen molar-refractivity contribution in [2.75, 3.05) is 18.9 Å². The maximum Gasteiger partial charge on any atom is 0.481 e. The van der Waals surface area contributed by atoms with Crippen molar-refractivity contribution in [1.29, 1.82) is 0 Å². The molecule has 2 heterocycles. The lowest BCUT2D eigenvalue weighted by atomic mass is 10.2. The van der Waals surface area contributed by atoms with Crippen molar-refractivity contribution in [3.05, 3.63) is 33.2 Å². The van der Waals surface area contributed by atoms with E-state index in [-0.39, 0.29) is 19.6 Å². The molecule has 0 saturated carbocycles. The highest BCUT2D eigenvalue weighted by atomic mass is 32.1. The number of aliphatic hydroxyl groups is 1. The monoisotopic (exact) mass is 469 g/mol. The molecule has 1 unspecified atom stereocenters. The number of nitrogens with two attached hydrogens (primary N) is 1. The van der Waals surface area contributed by atoms with E-state index in [0.717, 1.165) is 15.6 Å². The molecule has 2 rings (SSSR count). The summed E-state index contributed by atoms with van der Waals surface area (Å²) < 4.78 is 32.6. The van der Waals surface area contributed by atoms with Gasteiger partial charge in [-0.05, 0) is 6.92 Å². The van der Waals surface area contributed by atoms with E-state index in [9.17, 15) is 19.1 Å². The minimum Gasteiger partial charge on any atom is -0.396 e. The van der Waals surface area contributed by atoms with Crippen LogP contribution in [0.4, 0.5) is 5.82 Å². The predicted octanol–water partition coefficient (Wildman–Crippen LogP) is 0.377. The van der Waals surface area contributed by atoms with Crippen LogP contribution >= 0.6 is 27.0 Å². The lowest BCUT2D eigenvalue weighted by Crippen LogP contribution is -2.40. The molecule has 12 nitrogen and oxygen atoms in total. The first-order valence-electron chi connectivity index (χ1n) is 8.36. The van der Waals surface area contributed by atoms with E-state index in [2.05, 4.69) is 18.8 Å². The van der Waals surface area contributed by atoms with Gasteiger partial charge in [0.05, 0.1) is 30.1 Å². The average Bonchev–Trinajstić information content (AvgIpc) is 2.84. The zero-order valence-electron chi connectivity index (χ0n) is 15.8. The molecule has 162 valence electrons. The van der Waals surface area contributed by atoms with Gasteiger partial charge in [-0.15, -0.1) is 0 Å². The molecule has 6 N–H and O–H groups in total. The Bertz CT molecular complexity index is 963. The third-order valence-corrected chi connectivity index (χ3v) is 7.41. The molecule has 0 fully saturated rings. The zero-order valence-corrected chi connectivity index (χ0v) is 18.4. The molecule has 0 amide bonds. The lowest BCUT2D eigenvalue weighted by molar-refractivity contribution is -0.696. The second-order valence-corrected chi connectivity index (χ2v) is 10.0. The van der Waals surface area contributed by atoms with Crippen molar-refractivity contribution in [2.24, 2.45) is 0 Å². The largest absolute Gasteiger partial charge is 0.481 e. The van der Waals surface area contributed by atoms with Gasteiger partial charge in [0.15, 0.2) is 12.2 Å². The number of rotatable bonds is 10.